The molecule has 0 aliphatic heterocycles. The van der Waals surface area contributed by atoms with Crippen LogP contribution < -0.4 is 0 Å². The Kier molecular flexibility index (Phi) is 6.44. The van der Waals surface area contributed by atoms with Gasteiger partial charge in [-0.2, -0.15) is 0 Å². The Labute approximate surface area is 207 Å². The lowest BCUT2D eigenvalue weighted by Gasteiger charge is -2.57. The van der Waals surface area contributed by atoms with Crippen LogP contribution in [0.2, 0.25) is 0 Å². The SMILES string of the molecule is C=CCC1CCC(C2(C3C4CC(C(C)(C)C)CCC4C4CCC(C(C)(C)C)CC43)CCC2)C1. The van der Waals surface area contributed by atoms with Crippen molar-refractivity contribution in [3.8, 4) is 0 Å². The summed E-state index contributed by atoms with van der Waals surface area (Å²) in [5.74, 6) is 9.19. The van der Waals surface area contributed by atoms with E-state index in [1.807, 2.05) is 0 Å². The number of fused-ring (bicyclic) bond motifs is 3. The molecule has 8 atom stereocenters. The van der Waals surface area contributed by atoms with E-state index in [1.165, 1.54) is 44.9 Å². The predicted molar refractivity (Wildman–Crippen MR) is 143 cm³/mol. The maximum atomic E-state index is 4.09. The van der Waals surface area contributed by atoms with Gasteiger partial charge in [0.25, 0.3) is 0 Å². The van der Waals surface area contributed by atoms with Crippen molar-refractivity contribution in [1.29, 1.82) is 0 Å². The summed E-state index contributed by atoms with van der Waals surface area (Å²) in [6.07, 6.45) is 22.0. The van der Waals surface area contributed by atoms with E-state index < -0.39 is 0 Å². The van der Waals surface area contributed by atoms with E-state index in [9.17, 15) is 0 Å². The highest BCUT2D eigenvalue weighted by molar-refractivity contribution is 5.12. The molecule has 5 saturated carbocycles. The number of allylic oxidation sites excluding steroid dienone is 1. The fourth-order valence-electron chi connectivity index (χ4n) is 10.7. The number of hydrogen-bond donors (Lipinski definition) is 0. The summed E-state index contributed by atoms with van der Waals surface area (Å²) < 4.78 is 0. The smallest absolute Gasteiger partial charge is 0.0235 e. The van der Waals surface area contributed by atoms with Gasteiger partial charge in [0.1, 0.15) is 0 Å². The quantitative estimate of drug-likeness (QED) is 0.372. The molecule has 8 unspecified atom stereocenters. The maximum Gasteiger partial charge on any atom is -0.0235 e. The van der Waals surface area contributed by atoms with Crippen molar-refractivity contribution in [2.45, 2.75) is 125 Å². The van der Waals surface area contributed by atoms with E-state index in [-0.39, 0.29) is 0 Å². The molecule has 5 aliphatic carbocycles. The van der Waals surface area contributed by atoms with Crippen LogP contribution in [0.1, 0.15) is 125 Å². The topological polar surface area (TPSA) is 0 Å². The van der Waals surface area contributed by atoms with E-state index >= 15 is 0 Å². The highest BCUT2D eigenvalue weighted by Crippen LogP contribution is 2.71. The molecule has 0 radical (unpaired) electrons. The van der Waals surface area contributed by atoms with Crippen LogP contribution in [0.3, 0.4) is 0 Å². The molecular weight excluding hydrogens is 396 g/mol. The van der Waals surface area contributed by atoms with Crippen LogP contribution >= 0.6 is 0 Å². The second kappa shape index (κ2) is 8.69. The Morgan fingerprint density at radius 3 is 1.67 bits per heavy atom. The van der Waals surface area contributed by atoms with Gasteiger partial charge < -0.3 is 0 Å². The molecule has 0 nitrogen and oxygen atoms in total. The standard InChI is InChI=1S/C33H56/c1-8-10-22-11-12-25(19-22)33(17-9-18-33)30-28-20-23(31(2,3)4)13-15-26(28)27-16-14-24(21-29(27)30)32(5,6)7/h8,22-30H,1,9-21H2,2-7H3. The first-order chi connectivity index (χ1) is 15.5. The second-order valence-electron chi connectivity index (χ2n) is 15.9. The van der Waals surface area contributed by atoms with E-state index in [1.54, 1.807) is 38.5 Å². The molecule has 5 fully saturated rings. The summed E-state index contributed by atoms with van der Waals surface area (Å²) in [5, 5.41) is 0. The summed E-state index contributed by atoms with van der Waals surface area (Å²) in [6, 6.07) is 0. The largest absolute Gasteiger partial charge is 0.103 e. The summed E-state index contributed by atoms with van der Waals surface area (Å²) in [4.78, 5) is 0. The second-order valence-corrected chi connectivity index (χ2v) is 15.9. The van der Waals surface area contributed by atoms with Gasteiger partial charge in [0.05, 0.1) is 0 Å². The van der Waals surface area contributed by atoms with Crippen molar-refractivity contribution in [3.05, 3.63) is 12.7 Å². The average Bonchev–Trinajstić information content (AvgIpc) is 3.29. The zero-order valence-electron chi connectivity index (χ0n) is 23.2. The summed E-state index contributed by atoms with van der Waals surface area (Å²) in [7, 11) is 0. The van der Waals surface area contributed by atoms with E-state index in [2.05, 4.69) is 54.2 Å². The van der Waals surface area contributed by atoms with Crippen molar-refractivity contribution < 1.29 is 0 Å². The van der Waals surface area contributed by atoms with Crippen LogP contribution in [0.15, 0.2) is 12.7 Å². The van der Waals surface area contributed by atoms with Gasteiger partial charge in [0.15, 0.2) is 0 Å². The van der Waals surface area contributed by atoms with Crippen molar-refractivity contribution in [1.82, 2.24) is 0 Å². The van der Waals surface area contributed by atoms with Gasteiger partial charge in [-0.3, -0.25) is 0 Å². The zero-order chi connectivity index (χ0) is 23.6. The van der Waals surface area contributed by atoms with Crippen molar-refractivity contribution in [2.75, 3.05) is 0 Å². The first kappa shape index (κ1) is 24.4. The zero-order valence-corrected chi connectivity index (χ0v) is 23.2. The molecule has 5 aliphatic rings. The number of hydrogen-bond acceptors (Lipinski definition) is 0. The molecule has 0 heteroatoms. The molecule has 0 heterocycles. The third-order valence-corrected chi connectivity index (χ3v) is 12.6. The van der Waals surface area contributed by atoms with Crippen molar-refractivity contribution >= 4 is 0 Å². The minimum absolute atomic E-state index is 0.492. The maximum absolute atomic E-state index is 4.09. The third-order valence-electron chi connectivity index (χ3n) is 12.6. The van der Waals surface area contributed by atoms with Gasteiger partial charge in [-0.15, -0.1) is 6.58 Å². The Morgan fingerprint density at radius 1 is 0.697 bits per heavy atom. The molecule has 0 bridgehead atoms. The molecule has 0 aromatic rings. The molecule has 0 N–H and O–H groups in total. The highest BCUT2D eigenvalue weighted by Gasteiger charge is 2.63. The molecule has 0 amide bonds. The van der Waals surface area contributed by atoms with Gasteiger partial charge >= 0.3 is 0 Å². The lowest BCUT2D eigenvalue weighted by molar-refractivity contribution is -0.0796. The van der Waals surface area contributed by atoms with Gasteiger partial charge in [0.2, 0.25) is 0 Å². The Balaban J connectivity index is 1.48. The van der Waals surface area contributed by atoms with Crippen molar-refractivity contribution in [2.24, 2.45) is 69.5 Å². The molecule has 188 valence electrons. The van der Waals surface area contributed by atoms with Crippen LogP contribution in [0, 0.1) is 69.5 Å². The fraction of sp³-hybridized carbons (Fsp3) is 0.939. The molecule has 0 spiro atoms. The minimum atomic E-state index is 0.492. The Hall–Kier alpha value is -0.260. The lowest BCUT2D eigenvalue weighted by Crippen LogP contribution is -2.49. The third kappa shape index (κ3) is 4.20. The molecule has 5 rings (SSSR count). The van der Waals surface area contributed by atoms with Crippen molar-refractivity contribution in [3.63, 3.8) is 0 Å². The first-order valence-electron chi connectivity index (χ1n) is 15.2. The minimum Gasteiger partial charge on any atom is -0.103 e. The highest BCUT2D eigenvalue weighted by atomic mass is 14.7. The summed E-state index contributed by atoms with van der Waals surface area (Å²) in [5.41, 5.74) is 1.70. The van der Waals surface area contributed by atoms with Gasteiger partial charge in [0, 0.05) is 0 Å². The van der Waals surface area contributed by atoms with Crippen LogP contribution in [0.5, 0.6) is 0 Å². The normalized spacial score (nSPS) is 45.2. The molecule has 0 aromatic heterocycles. The van der Waals surface area contributed by atoms with Gasteiger partial charge in [-0.05, 0) is 147 Å². The van der Waals surface area contributed by atoms with E-state index in [0.29, 0.717) is 10.8 Å². The fourth-order valence-corrected chi connectivity index (χ4v) is 10.7. The first-order valence-corrected chi connectivity index (χ1v) is 15.2. The average molecular weight is 453 g/mol. The Bertz CT molecular complexity index is 659. The molecule has 33 heavy (non-hydrogen) atoms. The molecule has 0 aromatic carbocycles. The summed E-state index contributed by atoms with van der Waals surface area (Å²) >= 11 is 0. The van der Waals surface area contributed by atoms with Gasteiger partial charge in [-0.1, -0.05) is 54.0 Å². The van der Waals surface area contributed by atoms with Crippen LogP contribution in [0.4, 0.5) is 0 Å². The Morgan fingerprint density at radius 2 is 1.24 bits per heavy atom. The predicted octanol–water partition coefficient (Wildman–Crippen LogP) is 9.94. The summed E-state index contributed by atoms with van der Waals surface area (Å²) in [6.45, 7) is 19.3. The molecular formula is C33H56. The van der Waals surface area contributed by atoms with E-state index in [4.69, 9.17) is 0 Å². The van der Waals surface area contributed by atoms with Crippen LogP contribution in [-0.4, -0.2) is 0 Å². The van der Waals surface area contributed by atoms with Crippen LogP contribution in [0.25, 0.3) is 0 Å². The van der Waals surface area contributed by atoms with Gasteiger partial charge in [-0.25, -0.2) is 0 Å². The lowest BCUT2D eigenvalue weighted by atomic mass is 9.48. The van der Waals surface area contributed by atoms with E-state index in [0.717, 1.165) is 58.7 Å². The molecule has 0 saturated heterocycles. The van der Waals surface area contributed by atoms with Crippen LogP contribution in [-0.2, 0) is 0 Å². The monoisotopic (exact) mass is 452 g/mol. The number of rotatable bonds is 4.